The Morgan fingerprint density at radius 3 is 2.62 bits per heavy atom. The van der Waals surface area contributed by atoms with E-state index in [4.69, 9.17) is 4.74 Å². The van der Waals surface area contributed by atoms with Gasteiger partial charge in [0.1, 0.15) is 5.75 Å². The molecule has 0 amide bonds. The highest BCUT2D eigenvalue weighted by Gasteiger charge is 2.08. The molecule has 0 saturated heterocycles. The van der Waals surface area contributed by atoms with Crippen LogP contribution in [0.1, 0.15) is 32.3 Å². The first-order valence-corrected chi connectivity index (χ1v) is 6.76. The van der Waals surface area contributed by atoms with Gasteiger partial charge in [0.25, 0.3) is 0 Å². The van der Waals surface area contributed by atoms with E-state index in [-0.39, 0.29) is 0 Å². The summed E-state index contributed by atoms with van der Waals surface area (Å²) in [6.07, 6.45) is 3.41. The second kappa shape index (κ2) is 7.61. The molecule has 1 aromatic carbocycles. The van der Waals surface area contributed by atoms with Gasteiger partial charge in [-0.15, -0.1) is 0 Å². The Kier molecular flexibility index (Phi) is 6.39. The maximum atomic E-state index is 5.88. The molecule has 16 heavy (non-hydrogen) atoms. The summed E-state index contributed by atoms with van der Waals surface area (Å²) in [6.45, 7) is 5.15. The van der Waals surface area contributed by atoms with E-state index in [2.05, 4.69) is 44.7 Å². The van der Waals surface area contributed by atoms with Crippen LogP contribution in [0.4, 0.5) is 0 Å². The Balaban J connectivity index is 2.52. The fourth-order valence-electron chi connectivity index (χ4n) is 1.78. The van der Waals surface area contributed by atoms with Crippen molar-refractivity contribution in [3.8, 4) is 5.75 Å². The number of para-hydroxylation sites is 1. The lowest BCUT2D eigenvalue weighted by atomic mass is 10.1. The zero-order chi connectivity index (χ0) is 11.8. The van der Waals surface area contributed by atoms with E-state index < -0.39 is 0 Å². The largest absolute Gasteiger partial charge is 0.493 e. The molecule has 0 aromatic heterocycles. The molecular weight excluding hydrogens is 216 g/mol. The van der Waals surface area contributed by atoms with Crippen LogP contribution in [-0.2, 0) is 6.42 Å². The molecule has 0 bridgehead atoms. The van der Waals surface area contributed by atoms with Gasteiger partial charge in [0.05, 0.1) is 6.61 Å². The molecule has 0 aliphatic heterocycles. The van der Waals surface area contributed by atoms with Crippen LogP contribution in [0.3, 0.4) is 0 Å². The summed E-state index contributed by atoms with van der Waals surface area (Å²) in [5.41, 5.74) is 1.29. The van der Waals surface area contributed by atoms with Crippen LogP contribution < -0.4 is 4.74 Å². The topological polar surface area (TPSA) is 9.23 Å². The second-order valence-electron chi connectivity index (χ2n) is 4.11. The first kappa shape index (κ1) is 13.4. The molecule has 0 fully saturated rings. The molecule has 2 heteroatoms. The van der Waals surface area contributed by atoms with Crippen molar-refractivity contribution in [3.05, 3.63) is 29.8 Å². The van der Waals surface area contributed by atoms with Gasteiger partial charge in [-0.05, 0) is 30.2 Å². The van der Waals surface area contributed by atoms with E-state index in [1.807, 2.05) is 6.07 Å². The maximum absolute atomic E-state index is 5.88. The molecule has 1 atom stereocenters. The number of thiol groups is 1. The lowest BCUT2D eigenvalue weighted by molar-refractivity contribution is 0.252. The van der Waals surface area contributed by atoms with Crippen LogP contribution in [0.25, 0.3) is 0 Å². The van der Waals surface area contributed by atoms with Gasteiger partial charge >= 0.3 is 0 Å². The van der Waals surface area contributed by atoms with Crippen molar-refractivity contribution in [2.75, 3.05) is 12.4 Å². The highest BCUT2D eigenvalue weighted by molar-refractivity contribution is 7.80. The predicted molar refractivity (Wildman–Crippen MR) is 73.6 cm³/mol. The van der Waals surface area contributed by atoms with E-state index in [0.29, 0.717) is 5.92 Å². The van der Waals surface area contributed by atoms with E-state index in [9.17, 15) is 0 Å². The van der Waals surface area contributed by atoms with E-state index >= 15 is 0 Å². The Bertz CT molecular complexity index is 299. The second-order valence-corrected chi connectivity index (χ2v) is 4.47. The normalized spacial score (nSPS) is 12.4. The Labute approximate surface area is 105 Å². The number of ether oxygens (including phenoxy) is 1. The first-order chi connectivity index (χ1) is 7.81. The van der Waals surface area contributed by atoms with Crippen LogP contribution in [0.15, 0.2) is 24.3 Å². The number of rotatable bonds is 7. The molecule has 0 aliphatic rings. The summed E-state index contributed by atoms with van der Waals surface area (Å²) in [5, 5.41) is 0. The monoisotopic (exact) mass is 238 g/mol. The molecule has 1 aromatic rings. The molecule has 1 nitrogen and oxygen atoms in total. The summed E-state index contributed by atoms with van der Waals surface area (Å²) < 4.78 is 5.88. The van der Waals surface area contributed by atoms with Crippen LogP contribution in [0, 0.1) is 5.92 Å². The standard InChI is InChI=1S/C14H22OS/c1-3-7-12(11-16)10-15-14-9-6-5-8-13(14)4-2/h5-6,8-9,12,16H,3-4,7,10-11H2,1-2H3. The van der Waals surface area contributed by atoms with Crippen LogP contribution in [0.2, 0.25) is 0 Å². The number of benzene rings is 1. The number of hydrogen-bond donors (Lipinski definition) is 1. The van der Waals surface area contributed by atoms with E-state index in [0.717, 1.165) is 24.5 Å². The fraction of sp³-hybridized carbons (Fsp3) is 0.571. The van der Waals surface area contributed by atoms with Crippen LogP contribution in [-0.4, -0.2) is 12.4 Å². The lowest BCUT2D eigenvalue weighted by Gasteiger charge is -2.16. The Morgan fingerprint density at radius 1 is 1.25 bits per heavy atom. The zero-order valence-electron chi connectivity index (χ0n) is 10.3. The predicted octanol–water partition coefficient (Wildman–Crippen LogP) is 3.97. The van der Waals surface area contributed by atoms with Gasteiger partial charge in [0, 0.05) is 5.92 Å². The molecule has 0 N–H and O–H groups in total. The van der Waals surface area contributed by atoms with Crippen molar-refractivity contribution in [1.29, 1.82) is 0 Å². The van der Waals surface area contributed by atoms with Crippen molar-refractivity contribution in [3.63, 3.8) is 0 Å². The van der Waals surface area contributed by atoms with Gasteiger partial charge in [-0.2, -0.15) is 12.6 Å². The molecule has 0 aliphatic carbocycles. The first-order valence-electron chi connectivity index (χ1n) is 6.13. The van der Waals surface area contributed by atoms with Crippen LogP contribution >= 0.6 is 12.6 Å². The number of aryl methyl sites for hydroxylation is 1. The SMILES string of the molecule is CCCC(CS)COc1ccccc1CC. The minimum Gasteiger partial charge on any atom is -0.493 e. The molecule has 0 heterocycles. The number of hydrogen-bond acceptors (Lipinski definition) is 2. The van der Waals surface area contributed by atoms with Gasteiger partial charge in [-0.25, -0.2) is 0 Å². The van der Waals surface area contributed by atoms with E-state index in [1.54, 1.807) is 0 Å². The summed E-state index contributed by atoms with van der Waals surface area (Å²) in [7, 11) is 0. The van der Waals surface area contributed by atoms with Crippen molar-refractivity contribution in [1.82, 2.24) is 0 Å². The third-order valence-electron chi connectivity index (χ3n) is 2.78. The molecular formula is C14H22OS. The highest BCUT2D eigenvalue weighted by atomic mass is 32.1. The van der Waals surface area contributed by atoms with Gasteiger partial charge in [0.2, 0.25) is 0 Å². The maximum Gasteiger partial charge on any atom is 0.122 e. The van der Waals surface area contributed by atoms with Gasteiger partial charge in [-0.3, -0.25) is 0 Å². The average molecular weight is 238 g/mol. The quantitative estimate of drug-likeness (QED) is 0.707. The minimum absolute atomic E-state index is 0.568. The van der Waals surface area contributed by atoms with Crippen molar-refractivity contribution in [2.24, 2.45) is 5.92 Å². The average Bonchev–Trinajstić information content (AvgIpc) is 2.34. The van der Waals surface area contributed by atoms with Gasteiger partial charge in [-0.1, -0.05) is 38.5 Å². The van der Waals surface area contributed by atoms with Crippen molar-refractivity contribution < 1.29 is 4.74 Å². The van der Waals surface area contributed by atoms with Crippen molar-refractivity contribution in [2.45, 2.75) is 33.1 Å². The van der Waals surface area contributed by atoms with Gasteiger partial charge in [0.15, 0.2) is 0 Å². The third kappa shape index (κ3) is 4.09. The van der Waals surface area contributed by atoms with Crippen molar-refractivity contribution >= 4 is 12.6 Å². The molecule has 0 spiro atoms. The minimum atomic E-state index is 0.568. The smallest absolute Gasteiger partial charge is 0.122 e. The molecule has 1 unspecified atom stereocenters. The summed E-state index contributed by atoms with van der Waals surface area (Å²) in [6, 6.07) is 8.28. The zero-order valence-corrected chi connectivity index (χ0v) is 11.2. The molecule has 0 radical (unpaired) electrons. The lowest BCUT2D eigenvalue weighted by Crippen LogP contribution is -2.14. The van der Waals surface area contributed by atoms with Crippen LogP contribution in [0.5, 0.6) is 5.75 Å². The third-order valence-corrected chi connectivity index (χ3v) is 3.30. The fourth-order valence-corrected chi connectivity index (χ4v) is 2.07. The summed E-state index contributed by atoms with van der Waals surface area (Å²) >= 11 is 4.36. The molecule has 1 rings (SSSR count). The van der Waals surface area contributed by atoms with E-state index in [1.165, 1.54) is 18.4 Å². The summed E-state index contributed by atoms with van der Waals surface area (Å²) in [4.78, 5) is 0. The Hall–Kier alpha value is -0.630. The molecule has 90 valence electrons. The Morgan fingerprint density at radius 2 is 2.00 bits per heavy atom. The van der Waals surface area contributed by atoms with Gasteiger partial charge < -0.3 is 4.74 Å². The highest BCUT2D eigenvalue weighted by Crippen LogP contribution is 2.20. The molecule has 0 saturated carbocycles. The summed E-state index contributed by atoms with van der Waals surface area (Å²) in [5.74, 6) is 2.51.